The lowest BCUT2D eigenvalue weighted by atomic mass is 9.84. The third kappa shape index (κ3) is 6.62. The average Bonchev–Trinajstić information content (AvgIpc) is 2.90. The molecule has 1 aliphatic rings. The third-order valence-corrected chi connectivity index (χ3v) is 6.14. The molecule has 0 spiro atoms. The van der Waals surface area contributed by atoms with Crippen LogP contribution < -0.4 is 9.80 Å². The number of aliphatic carboxylic acids is 2. The highest BCUT2D eigenvalue weighted by Gasteiger charge is 2.50. The van der Waals surface area contributed by atoms with Crippen LogP contribution in [-0.2, 0) is 30.3 Å². The number of aryl methyl sites for hydroxylation is 1. The van der Waals surface area contributed by atoms with Crippen LogP contribution in [0.4, 0.5) is 11.4 Å². The second-order valence-electron chi connectivity index (χ2n) is 8.25. The van der Waals surface area contributed by atoms with Crippen molar-refractivity contribution in [3.05, 3.63) is 60.2 Å². The zero-order chi connectivity index (χ0) is 26.7. The molecule has 2 aromatic carbocycles. The maximum atomic E-state index is 13.3. The van der Waals surface area contributed by atoms with Gasteiger partial charge < -0.3 is 19.8 Å². The minimum absolute atomic E-state index is 0.0586. The Kier molecular flexibility index (Phi) is 10.5. The molecular formula is C27H34N2O7. The van der Waals surface area contributed by atoms with E-state index in [2.05, 4.69) is 36.1 Å². The first-order valence-electron chi connectivity index (χ1n) is 12.1. The van der Waals surface area contributed by atoms with Gasteiger partial charge in [-0.3, -0.25) is 9.69 Å². The highest BCUT2D eigenvalue weighted by atomic mass is 16.5. The highest BCUT2D eigenvalue weighted by Crippen LogP contribution is 2.37. The first-order valence-corrected chi connectivity index (χ1v) is 12.1. The number of rotatable bonds is 7. The van der Waals surface area contributed by atoms with Crippen molar-refractivity contribution in [2.45, 2.75) is 52.0 Å². The fourth-order valence-corrected chi connectivity index (χ4v) is 4.39. The normalized spacial score (nSPS) is 14.1. The molecule has 2 aromatic rings. The van der Waals surface area contributed by atoms with E-state index in [0.717, 1.165) is 12.1 Å². The minimum Gasteiger partial charge on any atom is -0.473 e. The van der Waals surface area contributed by atoms with Gasteiger partial charge in [-0.15, -0.1) is 0 Å². The largest absolute Gasteiger partial charge is 0.473 e. The molecule has 1 fully saturated rings. The molecule has 2 N–H and O–H groups in total. The number of nitrogens with zero attached hydrogens (tertiary/aromatic N) is 2. The number of piperidine rings is 1. The molecule has 194 valence electrons. The molecule has 1 aliphatic heterocycles. The molecule has 36 heavy (non-hydrogen) atoms. The number of esters is 1. The summed E-state index contributed by atoms with van der Waals surface area (Å²) < 4.78 is 5.52. The molecule has 0 radical (unpaired) electrons. The van der Waals surface area contributed by atoms with E-state index < -0.39 is 17.5 Å². The van der Waals surface area contributed by atoms with Crippen LogP contribution in [0.3, 0.4) is 0 Å². The Morgan fingerprint density at radius 2 is 1.44 bits per heavy atom. The molecule has 0 bridgehead atoms. The number of carboxylic acid groups (broad SMARTS) is 2. The Morgan fingerprint density at radius 1 is 0.889 bits per heavy atom. The van der Waals surface area contributed by atoms with Gasteiger partial charge in [-0.25, -0.2) is 14.4 Å². The van der Waals surface area contributed by atoms with Crippen LogP contribution in [0, 0.1) is 0 Å². The Balaban J connectivity index is 0.000000678. The molecule has 9 nitrogen and oxygen atoms in total. The molecule has 0 saturated carbocycles. The lowest BCUT2D eigenvalue weighted by Crippen LogP contribution is -2.63. The van der Waals surface area contributed by atoms with Crippen molar-refractivity contribution in [1.29, 1.82) is 0 Å². The maximum absolute atomic E-state index is 13.3. The number of carbonyl (C=O) groups excluding carboxylic acids is 2. The fourth-order valence-electron chi connectivity index (χ4n) is 4.39. The summed E-state index contributed by atoms with van der Waals surface area (Å²) in [7, 11) is 0. The van der Waals surface area contributed by atoms with E-state index in [1.165, 1.54) is 11.3 Å². The molecule has 0 unspecified atom stereocenters. The second kappa shape index (κ2) is 13.3. The van der Waals surface area contributed by atoms with Crippen LogP contribution in [0.25, 0.3) is 0 Å². The molecule has 9 heteroatoms. The number of amides is 1. The molecular weight excluding hydrogens is 464 g/mol. The van der Waals surface area contributed by atoms with Crippen LogP contribution >= 0.6 is 0 Å². The monoisotopic (exact) mass is 498 g/mol. The minimum atomic E-state index is -1.82. The van der Waals surface area contributed by atoms with Crippen LogP contribution in [0.15, 0.2) is 54.6 Å². The molecule has 1 saturated heterocycles. The number of benzene rings is 2. The summed E-state index contributed by atoms with van der Waals surface area (Å²) in [5, 5.41) is 14.8. The van der Waals surface area contributed by atoms with Gasteiger partial charge in [0.2, 0.25) is 5.91 Å². The van der Waals surface area contributed by atoms with E-state index in [-0.39, 0.29) is 11.9 Å². The average molecular weight is 499 g/mol. The van der Waals surface area contributed by atoms with E-state index in [9.17, 15) is 9.59 Å². The van der Waals surface area contributed by atoms with Crippen molar-refractivity contribution >= 4 is 35.2 Å². The van der Waals surface area contributed by atoms with Gasteiger partial charge in [0.05, 0.1) is 6.61 Å². The van der Waals surface area contributed by atoms with Gasteiger partial charge in [-0.05, 0) is 49.9 Å². The SMILES string of the molecule is CCOC(=O)C1(N(C(=O)CC)c2ccccc2)CCN(c2ccccc2CC)CC1.O=C(O)C(=O)O. The third-order valence-electron chi connectivity index (χ3n) is 6.14. The fraction of sp³-hybridized carbons (Fsp3) is 0.407. The maximum Gasteiger partial charge on any atom is 0.414 e. The molecule has 1 heterocycles. The molecule has 1 amide bonds. The number of carbonyl (C=O) groups is 4. The Bertz CT molecular complexity index is 1040. The van der Waals surface area contributed by atoms with E-state index in [4.69, 9.17) is 24.5 Å². The van der Waals surface area contributed by atoms with Crippen molar-refractivity contribution in [3.63, 3.8) is 0 Å². The summed E-state index contributed by atoms with van der Waals surface area (Å²) in [6.07, 6.45) is 2.35. The van der Waals surface area contributed by atoms with Crippen LogP contribution in [-0.4, -0.2) is 59.3 Å². The number of carboxylic acids is 2. The van der Waals surface area contributed by atoms with Gasteiger partial charge in [0.25, 0.3) is 0 Å². The van der Waals surface area contributed by atoms with E-state index >= 15 is 0 Å². The number of para-hydroxylation sites is 2. The Morgan fingerprint density at radius 3 is 1.94 bits per heavy atom. The summed E-state index contributed by atoms with van der Waals surface area (Å²) >= 11 is 0. The Labute approximate surface area is 211 Å². The number of hydrogen-bond acceptors (Lipinski definition) is 6. The number of anilines is 2. The van der Waals surface area contributed by atoms with Gasteiger partial charge in [0.1, 0.15) is 5.54 Å². The summed E-state index contributed by atoms with van der Waals surface area (Å²) in [4.78, 5) is 48.6. The molecule has 0 atom stereocenters. The smallest absolute Gasteiger partial charge is 0.414 e. The van der Waals surface area contributed by atoms with Crippen LogP contribution in [0.2, 0.25) is 0 Å². The first-order chi connectivity index (χ1) is 17.2. The van der Waals surface area contributed by atoms with Crippen LogP contribution in [0.1, 0.15) is 45.6 Å². The van der Waals surface area contributed by atoms with Gasteiger partial charge >= 0.3 is 17.9 Å². The topological polar surface area (TPSA) is 124 Å². The zero-order valence-corrected chi connectivity index (χ0v) is 21.0. The van der Waals surface area contributed by atoms with E-state index in [1.807, 2.05) is 44.2 Å². The van der Waals surface area contributed by atoms with Crippen molar-refractivity contribution in [3.8, 4) is 0 Å². The first kappa shape index (κ1) is 28.4. The quantitative estimate of drug-likeness (QED) is 0.437. The van der Waals surface area contributed by atoms with Crippen LogP contribution in [0.5, 0.6) is 0 Å². The second-order valence-corrected chi connectivity index (χ2v) is 8.25. The van der Waals surface area contributed by atoms with E-state index in [1.54, 1.807) is 4.90 Å². The number of hydrogen-bond donors (Lipinski definition) is 2. The number of ether oxygens (including phenoxy) is 1. The van der Waals surface area contributed by atoms with Gasteiger partial charge in [-0.1, -0.05) is 50.2 Å². The zero-order valence-electron chi connectivity index (χ0n) is 21.0. The summed E-state index contributed by atoms with van der Waals surface area (Å²) in [6, 6.07) is 17.9. The summed E-state index contributed by atoms with van der Waals surface area (Å²) in [5.74, 6) is -4.01. The highest BCUT2D eigenvalue weighted by molar-refractivity contribution is 6.27. The predicted molar refractivity (Wildman–Crippen MR) is 136 cm³/mol. The molecule has 3 rings (SSSR count). The van der Waals surface area contributed by atoms with Gasteiger partial charge in [-0.2, -0.15) is 0 Å². The van der Waals surface area contributed by atoms with E-state index in [0.29, 0.717) is 39.0 Å². The summed E-state index contributed by atoms with van der Waals surface area (Å²) in [6.45, 7) is 7.48. The predicted octanol–water partition coefficient (Wildman–Crippen LogP) is 3.75. The molecule has 0 aromatic heterocycles. The van der Waals surface area contributed by atoms with Gasteiger partial charge in [0.15, 0.2) is 0 Å². The standard InChI is InChI=1S/C25H32N2O3.C2H2O4/c1-4-20-12-10-11-15-22(20)26-18-16-25(17-19-26,24(29)30-6-3)27(23(28)5-2)21-13-8-7-9-14-21;3-1(4)2(5)6/h7-15H,4-6,16-19H2,1-3H3;(H,3,4)(H,5,6). The Hall–Kier alpha value is -3.88. The van der Waals surface area contributed by atoms with Crippen molar-refractivity contribution < 1.29 is 34.1 Å². The van der Waals surface area contributed by atoms with Gasteiger partial charge in [0, 0.05) is 30.9 Å². The lowest BCUT2D eigenvalue weighted by molar-refractivity contribution is -0.159. The van der Waals surface area contributed by atoms with Crippen molar-refractivity contribution in [2.24, 2.45) is 0 Å². The van der Waals surface area contributed by atoms with Crippen molar-refractivity contribution in [1.82, 2.24) is 0 Å². The summed E-state index contributed by atoms with van der Waals surface area (Å²) in [5.41, 5.74) is 2.28. The lowest BCUT2D eigenvalue weighted by Gasteiger charge is -2.47. The molecule has 0 aliphatic carbocycles. The van der Waals surface area contributed by atoms with Crippen molar-refractivity contribution in [2.75, 3.05) is 29.5 Å².